The van der Waals surface area contributed by atoms with E-state index in [9.17, 15) is 4.79 Å². The molecular formula is C14H23N3O2S. The van der Waals surface area contributed by atoms with Crippen LogP contribution in [0.4, 0.5) is 0 Å². The molecule has 0 bridgehead atoms. The third-order valence-electron chi connectivity index (χ3n) is 3.63. The van der Waals surface area contributed by atoms with Crippen LogP contribution < -0.4 is 11.1 Å². The normalized spacial score (nSPS) is 24.0. The van der Waals surface area contributed by atoms with E-state index in [-0.39, 0.29) is 24.2 Å². The summed E-state index contributed by atoms with van der Waals surface area (Å²) in [6.07, 6.45) is 1.33. The molecule has 1 aromatic rings. The summed E-state index contributed by atoms with van der Waals surface area (Å²) in [5.74, 6) is -0.0237. The van der Waals surface area contributed by atoms with Gasteiger partial charge in [0.15, 0.2) is 0 Å². The molecule has 0 spiro atoms. The highest BCUT2D eigenvalue weighted by Gasteiger charge is 2.30. The van der Waals surface area contributed by atoms with Crippen LogP contribution in [0.25, 0.3) is 0 Å². The largest absolute Gasteiger partial charge is 0.364 e. The molecule has 1 saturated heterocycles. The minimum Gasteiger partial charge on any atom is -0.364 e. The van der Waals surface area contributed by atoms with Crippen LogP contribution in [0.5, 0.6) is 0 Å². The molecule has 2 heterocycles. The van der Waals surface area contributed by atoms with Crippen molar-refractivity contribution >= 4 is 17.2 Å². The Kier molecular flexibility index (Phi) is 5.54. The van der Waals surface area contributed by atoms with Gasteiger partial charge in [-0.3, -0.25) is 4.79 Å². The number of nitrogens with two attached hydrogens (primary N) is 1. The number of ether oxygens (including phenoxy) is 1. The van der Waals surface area contributed by atoms with E-state index < -0.39 is 0 Å². The molecule has 0 radical (unpaired) electrons. The number of thiophene rings is 1. The maximum Gasteiger partial charge on any atom is 0.249 e. The Labute approximate surface area is 124 Å². The van der Waals surface area contributed by atoms with Gasteiger partial charge in [0, 0.05) is 18.0 Å². The van der Waals surface area contributed by atoms with E-state index in [0.29, 0.717) is 13.1 Å². The third kappa shape index (κ3) is 3.79. The van der Waals surface area contributed by atoms with E-state index in [2.05, 4.69) is 21.7 Å². The summed E-state index contributed by atoms with van der Waals surface area (Å²) in [6.45, 7) is 1.08. The molecule has 3 unspecified atom stereocenters. The fourth-order valence-electron chi connectivity index (χ4n) is 2.40. The molecule has 3 N–H and O–H groups in total. The molecule has 0 aromatic carbocycles. The van der Waals surface area contributed by atoms with Crippen molar-refractivity contribution in [2.24, 2.45) is 5.73 Å². The van der Waals surface area contributed by atoms with Gasteiger partial charge in [-0.2, -0.15) is 0 Å². The predicted octanol–water partition coefficient (Wildman–Crippen LogP) is 0.973. The molecule has 1 aliphatic rings. The van der Waals surface area contributed by atoms with Gasteiger partial charge in [-0.25, -0.2) is 0 Å². The molecule has 1 aliphatic heterocycles. The van der Waals surface area contributed by atoms with Gasteiger partial charge in [0.2, 0.25) is 5.91 Å². The molecule has 112 valence electrons. The quantitative estimate of drug-likeness (QED) is 0.821. The molecule has 2 rings (SSSR count). The molecule has 1 fully saturated rings. The van der Waals surface area contributed by atoms with E-state index in [1.807, 2.05) is 20.2 Å². The summed E-state index contributed by atoms with van der Waals surface area (Å²) in [5, 5.41) is 5.05. The van der Waals surface area contributed by atoms with Crippen molar-refractivity contribution in [1.82, 2.24) is 10.2 Å². The van der Waals surface area contributed by atoms with E-state index in [1.165, 1.54) is 4.88 Å². The van der Waals surface area contributed by atoms with Crippen molar-refractivity contribution in [3.05, 3.63) is 22.4 Å². The zero-order valence-corrected chi connectivity index (χ0v) is 12.9. The lowest BCUT2D eigenvalue weighted by molar-refractivity contribution is -0.132. The van der Waals surface area contributed by atoms with Crippen LogP contribution >= 0.6 is 11.3 Å². The van der Waals surface area contributed by atoms with Crippen molar-refractivity contribution in [2.45, 2.75) is 31.1 Å². The van der Waals surface area contributed by atoms with Crippen LogP contribution in [0.2, 0.25) is 0 Å². The molecule has 6 heteroatoms. The Morgan fingerprint density at radius 2 is 2.40 bits per heavy atom. The highest BCUT2D eigenvalue weighted by molar-refractivity contribution is 7.10. The van der Waals surface area contributed by atoms with E-state index in [0.717, 1.165) is 12.8 Å². The van der Waals surface area contributed by atoms with Gasteiger partial charge in [-0.15, -0.1) is 11.3 Å². The highest BCUT2D eigenvalue weighted by Crippen LogP contribution is 2.23. The van der Waals surface area contributed by atoms with Gasteiger partial charge in [0.05, 0.1) is 12.1 Å². The second-order valence-electron chi connectivity index (χ2n) is 5.30. The Morgan fingerprint density at radius 1 is 1.60 bits per heavy atom. The first-order valence-corrected chi connectivity index (χ1v) is 7.83. The van der Waals surface area contributed by atoms with Gasteiger partial charge >= 0.3 is 0 Å². The van der Waals surface area contributed by atoms with Gasteiger partial charge in [-0.1, -0.05) is 6.07 Å². The lowest BCUT2D eigenvalue weighted by Crippen LogP contribution is -2.40. The Balaban J connectivity index is 1.85. The number of carbonyl (C=O) groups excluding carboxylic acids is 1. The van der Waals surface area contributed by atoms with E-state index in [1.54, 1.807) is 11.3 Å². The number of nitrogens with one attached hydrogen (secondary N) is 1. The molecule has 3 atom stereocenters. The zero-order chi connectivity index (χ0) is 14.5. The molecule has 0 saturated carbocycles. The van der Waals surface area contributed by atoms with Crippen LogP contribution in [-0.2, 0) is 9.53 Å². The standard InChI is InChI=1S/C14H23N3O2S/c1-17(2)11(13-4-3-7-20-13)9-16-14(18)12-6-5-10(8-15)19-12/h3-4,7,10-12H,5-6,8-9,15H2,1-2H3,(H,16,18). The number of hydrogen-bond acceptors (Lipinski definition) is 5. The smallest absolute Gasteiger partial charge is 0.249 e. The molecule has 20 heavy (non-hydrogen) atoms. The fraction of sp³-hybridized carbons (Fsp3) is 0.643. The Hall–Kier alpha value is -0.950. The van der Waals surface area contributed by atoms with Gasteiger partial charge in [0.1, 0.15) is 6.10 Å². The van der Waals surface area contributed by atoms with E-state index in [4.69, 9.17) is 10.5 Å². The first-order chi connectivity index (χ1) is 9.61. The van der Waals surface area contributed by atoms with Gasteiger partial charge in [-0.05, 0) is 38.4 Å². The number of hydrogen-bond donors (Lipinski definition) is 2. The SMILES string of the molecule is CN(C)C(CNC(=O)C1CCC(CN)O1)c1cccs1. The Bertz CT molecular complexity index is 422. The number of nitrogens with zero attached hydrogens (tertiary/aromatic N) is 1. The van der Waals surface area contributed by atoms with Crippen LogP contribution in [0.15, 0.2) is 17.5 Å². The Morgan fingerprint density at radius 3 is 2.95 bits per heavy atom. The molecule has 1 aromatic heterocycles. The van der Waals surface area contributed by atoms with E-state index >= 15 is 0 Å². The van der Waals surface area contributed by atoms with Crippen LogP contribution in [0.3, 0.4) is 0 Å². The molecule has 0 aliphatic carbocycles. The second kappa shape index (κ2) is 7.17. The summed E-state index contributed by atoms with van der Waals surface area (Å²) in [7, 11) is 4.04. The minimum absolute atomic E-state index is 0.0237. The van der Waals surface area contributed by atoms with Gasteiger partial charge in [0.25, 0.3) is 0 Å². The maximum atomic E-state index is 12.1. The maximum absolute atomic E-state index is 12.1. The zero-order valence-electron chi connectivity index (χ0n) is 12.0. The third-order valence-corrected chi connectivity index (χ3v) is 4.60. The minimum atomic E-state index is -0.338. The number of amides is 1. The summed E-state index contributed by atoms with van der Waals surface area (Å²) in [5.41, 5.74) is 5.56. The van der Waals surface area contributed by atoms with Crippen molar-refractivity contribution in [1.29, 1.82) is 0 Å². The summed E-state index contributed by atoms with van der Waals surface area (Å²) in [4.78, 5) is 15.5. The topological polar surface area (TPSA) is 67.6 Å². The van der Waals surface area contributed by atoms with Crippen molar-refractivity contribution in [3.8, 4) is 0 Å². The van der Waals surface area contributed by atoms with Crippen molar-refractivity contribution in [3.63, 3.8) is 0 Å². The molecular weight excluding hydrogens is 274 g/mol. The van der Waals surface area contributed by atoms with Gasteiger partial charge < -0.3 is 20.7 Å². The van der Waals surface area contributed by atoms with Crippen LogP contribution in [0.1, 0.15) is 23.8 Å². The fourth-order valence-corrected chi connectivity index (χ4v) is 3.32. The summed E-state index contributed by atoms with van der Waals surface area (Å²) in [6, 6.07) is 4.33. The first-order valence-electron chi connectivity index (χ1n) is 6.95. The average Bonchev–Trinajstić information content (AvgIpc) is 3.09. The second-order valence-corrected chi connectivity index (χ2v) is 6.28. The van der Waals surface area contributed by atoms with Crippen LogP contribution in [0, 0.1) is 0 Å². The molecule has 1 amide bonds. The summed E-state index contributed by atoms with van der Waals surface area (Å²) < 4.78 is 5.61. The molecule has 5 nitrogen and oxygen atoms in total. The predicted molar refractivity (Wildman–Crippen MR) is 80.7 cm³/mol. The monoisotopic (exact) mass is 297 g/mol. The lowest BCUT2D eigenvalue weighted by atomic mass is 10.1. The number of carbonyl (C=O) groups is 1. The lowest BCUT2D eigenvalue weighted by Gasteiger charge is -2.24. The van der Waals surface area contributed by atoms with Crippen LogP contribution in [-0.4, -0.2) is 50.2 Å². The summed E-state index contributed by atoms with van der Waals surface area (Å²) >= 11 is 1.71. The number of rotatable bonds is 6. The van der Waals surface area contributed by atoms with Crippen molar-refractivity contribution in [2.75, 3.05) is 27.2 Å². The first kappa shape index (κ1) is 15.4. The highest BCUT2D eigenvalue weighted by atomic mass is 32.1. The van der Waals surface area contributed by atoms with Crippen molar-refractivity contribution < 1.29 is 9.53 Å². The average molecular weight is 297 g/mol. The number of likely N-dealkylation sites (N-methyl/N-ethyl adjacent to an activating group) is 1.